The second-order valence-corrected chi connectivity index (χ2v) is 3.74. The van der Waals surface area contributed by atoms with Gasteiger partial charge in [0.25, 0.3) is 0 Å². The van der Waals surface area contributed by atoms with E-state index in [0.717, 1.165) is 11.1 Å². The summed E-state index contributed by atoms with van der Waals surface area (Å²) in [5.74, 6) is 1.27. The van der Waals surface area contributed by atoms with Gasteiger partial charge >= 0.3 is 0 Å². The van der Waals surface area contributed by atoms with Gasteiger partial charge in [-0.15, -0.1) is 0 Å². The highest BCUT2D eigenvalue weighted by Crippen LogP contribution is 2.20. The Labute approximate surface area is 116 Å². The SMILES string of the molecule is C=C/C(OC)=C(\C=C)C(N)C/C(C=C)=C(/C=C)OC. The Kier molecular flexibility index (Phi) is 8.05. The zero-order valence-corrected chi connectivity index (χ0v) is 11.8. The molecule has 0 spiro atoms. The van der Waals surface area contributed by atoms with E-state index < -0.39 is 0 Å². The predicted octanol–water partition coefficient (Wildman–Crippen LogP) is 3.25. The molecule has 0 aliphatic carbocycles. The molecule has 3 nitrogen and oxygen atoms in total. The van der Waals surface area contributed by atoms with Gasteiger partial charge in [-0.2, -0.15) is 0 Å². The lowest BCUT2D eigenvalue weighted by molar-refractivity contribution is 0.298. The monoisotopic (exact) mass is 261 g/mol. The van der Waals surface area contributed by atoms with Crippen molar-refractivity contribution in [1.82, 2.24) is 0 Å². The topological polar surface area (TPSA) is 44.5 Å². The average molecular weight is 261 g/mol. The lowest BCUT2D eigenvalue weighted by Gasteiger charge is -2.17. The van der Waals surface area contributed by atoms with E-state index >= 15 is 0 Å². The van der Waals surface area contributed by atoms with Crippen LogP contribution in [0.1, 0.15) is 6.42 Å². The fourth-order valence-corrected chi connectivity index (χ4v) is 1.73. The Balaban J connectivity index is 5.38. The molecule has 1 atom stereocenters. The van der Waals surface area contributed by atoms with Crippen LogP contribution in [-0.4, -0.2) is 20.3 Å². The van der Waals surface area contributed by atoms with Gasteiger partial charge in [-0.3, -0.25) is 0 Å². The van der Waals surface area contributed by atoms with E-state index in [1.54, 1.807) is 38.5 Å². The quantitative estimate of drug-likeness (QED) is 0.512. The number of rotatable bonds is 9. The molecular formula is C16H23NO2. The van der Waals surface area contributed by atoms with Gasteiger partial charge in [0.15, 0.2) is 0 Å². The summed E-state index contributed by atoms with van der Waals surface area (Å²) in [6, 6.07) is -0.288. The molecule has 19 heavy (non-hydrogen) atoms. The van der Waals surface area contributed by atoms with Crippen LogP contribution in [0.25, 0.3) is 0 Å². The molecule has 0 saturated carbocycles. The van der Waals surface area contributed by atoms with Crippen LogP contribution in [0.2, 0.25) is 0 Å². The molecule has 1 unspecified atom stereocenters. The molecule has 0 bridgehead atoms. The summed E-state index contributed by atoms with van der Waals surface area (Å²) in [4.78, 5) is 0. The van der Waals surface area contributed by atoms with Crippen molar-refractivity contribution in [3.8, 4) is 0 Å². The number of allylic oxidation sites excluding steroid dienone is 3. The molecule has 0 aliphatic heterocycles. The van der Waals surface area contributed by atoms with E-state index in [1.165, 1.54) is 0 Å². The second-order valence-electron chi connectivity index (χ2n) is 3.74. The van der Waals surface area contributed by atoms with Crippen LogP contribution in [0.15, 0.2) is 73.3 Å². The first kappa shape index (κ1) is 17.0. The van der Waals surface area contributed by atoms with Crippen molar-refractivity contribution >= 4 is 0 Å². The summed E-state index contributed by atoms with van der Waals surface area (Å²) in [7, 11) is 3.16. The molecule has 0 aliphatic rings. The highest BCUT2D eigenvalue weighted by atomic mass is 16.5. The number of methoxy groups -OCH3 is 2. The smallest absolute Gasteiger partial charge is 0.123 e. The standard InChI is InChI=1S/C16H23NO2/c1-7-12(15(9-3)18-5)11-14(17)13(8-2)16(10-4)19-6/h7-10,14H,1-4,11,17H2,5-6H3/b15-12-,16-13-. The van der Waals surface area contributed by atoms with E-state index in [2.05, 4.69) is 26.3 Å². The van der Waals surface area contributed by atoms with Crippen molar-refractivity contribution in [1.29, 1.82) is 0 Å². The van der Waals surface area contributed by atoms with Gasteiger partial charge in [0, 0.05) is 11.6 Å². The maximum Gasteiger partial charge on any atom is 0.123 e. The maximum absolute atomic E-state index is 6.18. The Morgan fingerprint density at radius 1 is 0.947 bits per heavy atom. The molecule has 104 valence electrons. The molecule has 0 radical (unpaired) electrons. The minimum atomic E-state index is -0.288. The number of nitrogens with two attached hydrogens (primary N) is 1. The first-order valence-corrected chi connectivity index (χ1v) is 5.90. The molecule has 0 heterocycles. The van der Waals surface area contributed by atoms with Gasteiger partial charge in [-0.25, -0.2) is 0 Å². The third kappa shape index (κ3) is 4.64. The number of ether oxygens (including phenoxy) is 2. The van der Waals surface area contributed by atoms with E-state index in [1.807, 2.05) is 0 Å². The van der Waals surface area contributed by atoms with Crippen LogP contribution in [0.5, 0.6) is 0 Å². The Bertz CT molecular complexity index is 416. The zero-order chi connectivity index (χ0) is 14.8. The van der Waals surface area contributed by atoms with Crippen molar-refractivity contribution in [3.63, 3.8) is 0 Å². The minimum absolute atomic E-state index is 0.288. The van der Waals surface area contributed by atoms with E-state index in [0.29, 0.717) is 17.9 Å². The summed E-state index contributed by atoms with van der Waals surface area (Å²) in [6.07, 6.45) is 7.17. The molecule has 0 fully saturated rings. The second kappa shape index (κ2) is 9.00. The van der Waals surface area contributed by atoms with Crippen LogP contribution >= 0.6 is 0 Å². The Morgan fingerprint density at radius 3 is 1.79 bits per heavy atom. The van der Waals surface area contributed by atoms with Crippen LogP contribution in [-0.2, 0) is 9.47 Å². The minimum Gasteiger partial charge on any atom is -0.496 e. The summed E-state index contributed by atoms with van der Waals surface area (Å²) < 4.78 is 10.4. The normalized spacial score (nSPS) is 14.5. The van der Waals surface area contributed by atoms with E-state index in [-0.39, 0.29) is 6.04 Å². The largest absolute Gasteiger partial charge is 0.496 e. The molecule has 0 amide bonds. The van der Waals surface area contributed by atoms with Gasteiger partial charge in [0.1, 0.15) is 11.5 Å². The van der Waals surface area contributed by atoms with Crippen molar-refractivity contribution in [2.45, 2.75) is 12.5 Å². The molecule has 0 aromatic rings. The van der Waals surface area contributed by atoms with Crippen molar-refractivity contribution < 1.29 is 9.47 Å². The maximum atomic E-state index is 6.18. The molecule has 0 saturated heterocycles. The molecular weight excluding hydrogens is 238 g/mol. The molecule has 2 N–H and O–H groups in total. The molecule has 0 rings (SSSR count). The highest BCUT2D eigenvalue weighted by Gasteiger charge is 2.14. The zero-order valence-electron chi connectivity index (χ0n) is 11.8. The first-order chi connectivity index (χ1) is 9.09. The first-order valence-electron chi connectivity index (χ1n) is 5.90. The van der Waals surface area contributed by atoms with Gasteiger partial charge in [-0.1, -0.05) is 38.5 Å². The lowest BCUT2D eigenvalue weighted by atomic mass is 9.97. The number of hydrogen-bond donors (Lipinski definition) is 1. The van der Waals surface area contributed by atoms with Crippen molar-refractivity contribution in [2.24, 2.45) is 5.73 Å². The lowest BCUT2D eigenvalue weighted by Crippen LogP contribution is -2.24. The average Bonchev–Trinajstić information content (AvgIpc) is 2.44. The van der Waals surface area contributed by atoms with Crippen molar-refractivity contribution in [3.05, 3.63) is 73.3 Å². The molecule has 0 aromatic carbocycles. The Hall–Kier alpha value is -2.00. The van der Waals surface area contributed by atoms with Crippen molar-refractivity contribution in [2.75, 3.05) is 14.2 Å². The van der Waals surface area contributed by atoms with Crippen LogP contribution in [0, 0.1) is 0 Å². The van der Waals surface area contributed by atoms with Gasteiger partial charge in [0.2, 0.25) is 0 Å². The van der Waals surface area contributed by atoms with E-state index in [9.17, 15) is 0 Å². The molecule has 3 heteroatoms. The van der Waals surface area contributed by atoms with Gasteiger partial charge in [-0.05, 0) is 24.1 Å². The summed E-state index contributed by atoms with van der Waals surface area (Å²) >= 11 is 0. The summed E-state index contributed by atoms with van der Waals surface area (Å²) in [5, 5.41) is 0. The van der Waals surface area contributed by atoms with Crippen LogP contribution in [0.4, 0.5) is 0 Å². The third-order valence-corrected chi connectivity index (χ3v) is 2.72. The fraction of sp³-hybridized carbons (Fsp3) is 0.250. The van der Waals surface area contributed by atoms with Gasteiger partial charge < -0.3 is 15.2 Å². The van der Waals surface area contributed by atoms with Crippen LogP contribution < -0.4 is 5.73 Å². The fourth-order valence-electron chi connectivity index (χ4n) is 1.73. The third-order valence-electron chi connectivity index (χ3n) is 2.72. The molecule has 0 aromatic heterocycles. The van der Waals surface area contributed by atoms with E-state index in [4.69, 9.17) is 15.2 Å². The predicted molar refractivity (Wildman–Crippen MR) is 81.5 cm³/mol. The Morgan fingerprint density at radius 2 is 1.47 bits per heavy atom. The highest BCUT2D eigenvalue weighted by molar-refractivity contribution is 5.36. The summed E-state index contributed by atoms with van der Waals surface area (Å²) in [6.45, 7) is 14.9. The van der Waals surface area contributed by atoms with Gasteiger partial charge in [0.05, 0.1) is 14.2 Å². The number of hydrogen-bond acceptors (Lipinski definition) is 3. The van der Waals surface area contributed by atoms with Crippen LogP contribution in [0.3, 0.4) is 0 Å². The summed E-state index contributed by atoms with van der Waals surface area (Å²) in [5.41, 5.74) is 7.84.